The molecule has 0 bridgehead atoms. The molecule has 1 atom stereocenters. The highest BCUT2D eigenvalue weighted by atomic mass is 35.5. The van der Waals surface area contributed by atoms with E-state index in [1.165, 1.54) is 4.90 Å². The molecule has 0 spiro atoms. The summed E-state index contributed by atoms with van der Waals surface area (Å²) in [5, 5.41) is 0.565. The van der Waals surface area contributed by atoms with E-state index in [-0.39, 0.29) is 12.1 Å². The third kappa shape index (κ3) is 4.07. The highest BCUT2D eigenvalue weighted by Crippen LogP contribution is 2.40. The first-order valence-corrected chi connectivity index (χ1v) is 8.00. The molecule has 0 radical (unpaired) electrons. The fourth-order valence-electron chi connectivity index (χ4n) is 1.94. The first-order valence-electron chi connectivity index (χ1n) is 6.10. The summed E-state index contributed by atoms with van der Waals surface area (Å²) in [7, 11) is 0. The zero-order valence-electron chi connectivity index (χ0n) is 11.2. The number of urea groups is 1. The van der Waals surface area contributed by atoms with E-state index < -0.39 is 9.95 Å². The number of halogens is 4. The van der Waals surface area contributed by atoms with Crippen LogP contribution in [0, 0.1) is 5.92 Å². The number of carbonyl (C=O) groups excluding carboxylic acids is 1. The molecule has 1 unspecified atom stereocenters. The third-order valence-corrected chi connectivity index (χ3v) is 4.16. The predicted molar refractivity (Wildman–Crippen MR) is 86.1 cm³/mol. The Hall–Kier alpha value is -0.400. The number of hydrogen-bond acceptors (Lipinski definition) is 3. The molecule has 0 aliphatic carbocycles. The normalized spacial score (nSPS) is 19.8. The van der Waals surface area contributed by atoms with Crippen molar-refractivity contribution in [2.24, 2.45) is 5.92 Å². The second kappa shape index (κ2) is 6.38. The second-order valence-corrected chi connectivity index (χ2v) is 8.01. The largest absolute Gasteiger partial charge is 0.350 e. The number of nitrogens with one attached hydrogen (secondary N) is 1. The third-order valence-electron chi connectivity index (χ3n) is 2.84. The van der Waals surface area contributed by atoms with E-state index in [4.69, 9.17) is 34.8 Å². The van der Waals surface area contributed by atoms with Crippen LogP contribution < -0.4 is 10.3 Å². The number of nitrogens with zero attached hydrogens (tertiary/aromatic N) is 2. The summed E-state index contributed by atoms with van der Waals surface area (Å²) in [6, 6.07) is 6.34. The molecule has 1 fully saturated rings. The Morgan fingerprint density at radius 1 is 1.33 bits per heavy atom. The summed E-state index contributed by atoms with van der Waals surface area (Å²) < 4.78 is 11.8. The molecule has 1 aliphatic rings. The van der Waals surface area contributed by atoms with Gasteiger partial charge < -0.3 is 0 Å². The second-order valence-electron chi connectivity index (χ2n) is 4.78. The summed E-state index contributed by atoms with van der Waals surface area (Å²) in [5.74, 6) is 0.0786. The molecule has 9 heteroatoms. The van der Waals surface area contributed by atoms with E-state index in [1.807, 2.05) is 13.8 Å². The Morgan fingerprint density at radius 2 is 1.90 bits per heavy atom. The summed E-state index contributed by atoms with van der Waals surface area (Å²) in [6.07, 6.45) is -0.346. The van der Waals surface area contributed by atoms with Crippen LogP contribution in [0.1, 0.15) is 13.8 Å². The van der Waals surface area contributed by atoms with Crippen LogP contribution in [0.3, 0.4) is 0 Å². The molecule has 1 aromatic carbocycles. The molecule has 0 saturated carbocycles. The van der Waals surface area contributed by atoms with E-state index in [0.29, 0.717) is 22.7 Å². The molecule has 1 aromatic rings. The SMILES string of the molecule is CC(C)C1NN(SC(F)(Cl)Cl)C(=O)N1c1ccc(Cl)cc1. The van der Waals surface area contributed by atoms with Crippen molar-refractivity contribution in [2.45, 2.75) is 23.9 Å². The van der Waals surface area contributed by atoms with Gasteiger partial charge in [0.1, 0.15) is 6.17 Å². The van der Waals surface area contributed by atoms with Gasteiger partial charge in [-0.3, -0.25) is 4.90 Å². The van der Waals surface area contributed by atoms with Crippen LogP contribution in [0.2, 0.25) is 5.02 Å². The molecule has 1 N–H and O–H groups in total. The van der Waals surface area contributed by atoms with Crippen molar-refractivity contribution >= 4 is 58.5 Å². The minimum Gasteiger partial charge on any atom is -0.275 e. The summed E-state index contributed by atoms with van der Waals surface area (Å²) in [4.78, 5) is 13.9. The summed E-state index contributed by atoms with van der Waals surface area (Å²) >= 11 is 16.8. The molecule has 21 heavy (non-hydrogen) atoms. The number of rotatable bonds is 4. The molecular formula is C12H13Cl3FN3OS. The zero-order valence-corrected chi connectivity index (χ0v) is 14.3. The lowest BCUT2D eigenvalue weighted by atomic mass is 10.1. The van der Waals surface area contributed by atoms with Crippen molar-refractivity contribution in [3.8, 4) is 0 Å². The van der Waals surface area contributed by atoms with Gasteiger partial charge in [-0.1, -0.05) is 48.7 Å². The highest BCUT2D eigenvalue weighted by Gasteiger charge is 2.43. The van der Waals surface area contributed by atoms with Gasteiger partial charge in [-0.2, -0.15) is 14.2 Å². The van der Waals surface area contributed by atoms with E-state index in [2.05, 4.69) is 5.43 Å². The van der Waals surface area contributed by atoms with Gasteiger partial charge in [0, 0.05) is 22.7 Å². The van der Waals surface area contributed by atoms with E-state index in [0.717, 1.165) is 4.41 Å². The fourth-order valence-corrected chi connectivity index (χ4v) is 3.01. The molecule has 4 nitrogen and oxygen atoms in total. The average molecular weight is 373 g/mol. The lowest BCUT2D eigenvalue weighted by molar-refractivity contribution is 0.235. The van der Waals surface area contributed by atoms with Crippen molar-refractivity contribution in [3.63, 3.8) is 0 Å². The van der Waals surface area contributed by atoms with Crippen molar-refractivity contribution in [2.75, 3.05) is 4.90 Å². The molecule has 2 rings (SSSR count). The topological polar surface area (TPSA) is 35.6 Å². The maximum Gasteiger partial charge on any atom is 0.350 e. The Balaban J connectivity index is 2.29. The molecule has 1 aliphatic heterocycles. The van der Waals surface area contributed by atoms with Gasteiger partial charge in [-0.15, -0.1) is 0 Å². The molecule has 2 amide bonds. The van der Waals surface area contributed by atoms with Crippen LogP contribution in [0.5, 0.6) is 0 Å². The zero-order chi connectivity index (χ0) is 15.8. The van der Waals surface area contributed by atoms with E-state index in [1.54, 1.807) is 24.3 Å². The van der Waals surface area contributed by atoms with Gasteiger partial charge >= 0.3 is 9.95 Å². The number of alkyl halides is 3. The Kier molecular flexibility index (Phi) is 5.15. The molecule has 0 aromatic heterocycles. The van der Waals surface area contributed by atoms with Crippen LogP contribution in [0.4, 0.5) is 14.9 Å². The maximum atomic E-state index is 13.3. The van der Waals surface area contributed by atoms with Gasteiger partial charge in [0.05, 0.1) is 0 Å². The van der Waals surface area contributed by atoms with Gasteiger partial charge in [-0.25, -0.2) is 4.79 Å². The molecule has 1 heterocycles. The van der Waals surface area contributed by atoms with Crippen LogP contribution >= 0.6 is 46.8 Å². The number of benzene rings is 1. The average Bonchev–Trinajstić information content (AvgIpc) is 2.66. The monoisotopic (exact) mass is 371 g/mol. The van der Waals surface area contributed by atoms with E-state index in [9.17, 15) is 9.18 Å². The fraction of sp³-hybridized carbons (Fsp3) is 0.417. The standard InChI is InChI=1S/C12H13Cl3FN3OS/c1-7(2)10-17-19(21-12(14,15)16)11(20)18(10)9-5-3-8(13)4-6-9/h3-7,10,17H,1-2H3. The smallest absolute Gasteiger partial charge is 0.275 e. The van der Waals surface area contributed by atoms with Crippen molar-refractivity contribution in [3.05, 3.63) is 29.3 Å². The first kappa shape index (κ1) is 17.0. The highest BCUT2D eigenvalue weighted by molar-refractivity contribution is 8.01. The van der Waals surface area contributed by atoms with Crippen molar-refractivity contribution in [1.29, 1.82) is 0 Å². The number of amides is 2. The van der Waals surface area contributed by atoms with Crippen LogP contribution in [-0.2, 0) is 0 Å². The number of anilines is 1. The molecule has 1 saturated heterocycles. The summed E-state index contributed by atoms with van der Waals surface area (Å²) in [6.45, 7) is 3.87. The Labute approximate surface area is 141 Å². The van der Waals surface area contributed by atoms with Gasteiger partial charge in [-0.05, 0) is 30.2 Å². The maximum absolute atomic E-state index is 13.3. The van der Waals surface area contributed by atoms with Crippen LogP contribution in [-0.4, -0.2) is 20.5 Å². The minimum absolute atomic E-state index is 0.0786. The Bertz CT molecular complexity index is 523. The van der Waals surface area contributed by atoms with Crippen LogP contribution in [0.15, 0.2) is 24.3 Å². The lowest BCUT2D eigenvalue weighted by Crippen LogP contribution is -2.41. The number of carbonyl (C=O) groups is 1. The van der Waals surface area contributed by atoms with Gasteiger partial charge in [0.2, 0.25) is 0 Å². The minimum atomic E-state index is -2.60. The first-order chi connectivity index (χ1) is 9.69. The quantitative estimate of drug-likeness (QED) is 0.610. The number of hydrazine groups is 1. The number of hydrogen-bond donors (Lipinski definition) is 1. The summed E-state index contributed by atoms with van der Waals surface area (Å²) in [5.41, 5.74) is 3.54. The Morgan fingerprint density at radius 3 is 2.38 bits per heavy atom. The molecular weight excluding hydrogens is 360 g/mol. The molecule has 116 valence electrons. The van der Waals surface area contributed by atoms with Crippen molar-refractivity contribution < 1.29 is 9.18 Å². The van der Waals surface area contributed by atoms with Crippen LogP contribution in [0.25, 0.3) is 0 Å². The van der Waals surface area contributed by atoms with Gasteiger partial charge in [0.25, 0.3) is 0 Å². The van der Waals surface area contributed by atoms with Crippen molar-refractivity contribution in [1.82, 2.24) is 9.84 Å². The lowest BCUT2D eigenvalue weighted by Gasteiger charge is -2.25. The van der Waals surface area contributed by atoms with Gasteiger partial charge in [0.15, 0.2) is 0 Å². The van der Waals surface area contributed by atoms with E-state index >= 15 is 0 Å². The predicted octanol–water partition coefficient (Wildman–Crippen LogP) is 4.78.